The second kappa shape index (κ2) is 5.21. The van der Waals surface area contributed by atoms with Gasteiger partial charge in [0, 0.05) is 19.2 Å². The fraction of sp³-hybridized carbons (Fsp3) is 0.786. The Morgan fingerprint density at radius 1 is 1.29 bits per heavy atom. The second-order valence-corrected chi connectivity index (χ2v) is 6.23. The third-order valence-corrected chi connectivity index (χ3v) is 3.33. The molecule has 17 heavy (non-hydrogen) atoms. The van der Waals surface area contributed by atoms with Crippen molar-refractivity contribution < 1.29 is 5.11 Å². The molecule has 0 radical (unpaired) electrons. The third kappa shape index (κ3) is 4.15. The number of aryl methyl sites for hydroxylation is 2. The van der Waals surface area contributed by atoms with Crippen molar-refractivity contribution in [1.82, 2.24) is 9.78 Å². The van der Waals surface area contributed by atoms with Crippen molar-refractivity contribution in [3.63, 3.8) is 0 Å². The lowest BCUT2D eigenvalue weighted by atomic mass is 9.88. The van der Waals surface area contributed by atoms with Crippen LogP contribution in [0.3, 0.4) is 0 Å². The van der Waals surface area contributed by atoms with Crippen molar-refractivity contribution in [1.29, 1.82) is 0 Å². The van der Waals surface area contributed by atoms with E-state index >= 15 is 0 Å². The standard InChI is InChI=1S/C14H26N2O/c1-10-13(11(2)16(6)15-10)9-12(17)7-8-14(3,4)5/h12,17H,7-9H2,1-6H3. The largest absolute Gasteiger partial charge is 0.393 e. The van der Waals surface area contributed by atoms with Crippen molar-refractivity contribution >= 4 is 0 Å². The van der Waals surface area contributed by atoms with E-state index in [-0.39, 0.29) is 6.10 Å². The average Bonchev–Trinajstić information content (AvgIpc) is 2.41. The van der Waals surface area contributed by atoms with Crippen LogP contribution in [0.25, 0.3) is 0 Å². The zero-order valence-corrected chi connectivity index (χ0v) is 12.0. The molecule has 1 heterocycles. The van der Waals surface area contributed by atoms with Crippen LogP contribution in [0.2, 0.25) is 0 Å². The van der Waals surface area contributed by atoms with Gasteiger partial charge in [-0.15, -0.1) is 0 Å². The molecule has 0 saturated carbocycles. The number of rotatable bonds is 4. The Morgan fingerprint density at radius 2 is 1.88 bits per heavy atom. The maximum Gasteiger partial charge on any atom is 0.0629 e. The molecule has 0 aliphatic rings. The molecule has 1 unspecified atom stereocenters. The van der Waals surface area contributed by atoms with Crippen LogP contribution in [0.15, 0.2) is 0 Å². The molecule has 0 amide bonds. The highest BCUT2D eigenvalue weighted by molar-refractivity contribution is 5.24. The van der Waals surface area contributed by atoms with E-state index in [1.165, 1.54) is 5.56 Å². The van der Waals surface area contributed by atoms with Crippen LogP contribution in [0.1, 0.15) is 50.6 Å². The highest BCUT2D eigenvalue weighted by Gasteiger charge is 2.17. The van der Waals surface area contributed by atoms with Crippen LogP contribution in [-0.2, 0) is 13.5 Å². The first-order valence-corrected chi connectivity index (χ1v) is 6.38. The van der Waals surface area contributed by atoms with Gasteiger partial charge in [0.15, 0.2) is 0 Å². The van der Waals surface area contributed by atoms with Gasteiger partial charge < -0.3 is 5.11 Å². The molecule has 0 aromatic carbocycles. The van der Waals surface area contributed by atoms with Crippen LogP contribution >= 0.6 is 0 Å². The third-order valence-electron chi connectivity index (χ3n) is 3.33. The molecule has 1 aromatic heterocycles. The minimum Gasteiger partial charge on any atom is -0.393 e. The molecule has 3 nitrogen and oxygen atoms in total. The molecule has 3 heteroatoms. The highest BCUT2D eigenvalue weighted by Crippen LogP contribution is 2.23. The Bertz CT molecular complexity index is 374. The molecule has 1 aromatic rings. The smallest absolute Gasteiger partial charge is 0.0629 e. The molecule has 0 saturated heterocycles. The fourth-order valence-electron chi connectivity index (χ4n) is 2.05. The van der Waals surface area contributed by atoms with E-state index in [0.717, 1.165) is 30.7 Å². The lowest BCUT2D eigenvalue weighted by molar-refractivity contribution is 0.145. The Hall–Kier alpha value is -0.830. The Labute approximate surface area is 105 Å². The quantitative estimate of drug-likeness (QED) is 0.876. The second-order valence-electron chi connectivity index (χ2n) is 6.23. The number of nitrogens with zero attached hydrogens (tertiary/aromatic N) is 2. The molecular formula is C14H26N2O. The molecule has 1 atom stereocenters. The summed E-state index contributed by atoms with van der Waals surface area (Å²) in [5, 5.41) is 14.5. The molecule has 0 aliphatic carbocycles. The van der Waals surface area contributed by atoms with Gasteiger partial charge in [-0.3, -0.25) is 4.68 Å². The zero-order chi connectivity index (χ0) is 13.2. The van der Waals surface area contributed by atoms with E-state index in [9.17, 15) is 5.11 Å². The number of aliphatic hydroxyl groups is 1. The molecule has 1 N–H and O–H groups in total. The Morgan fingerprint density at radius 3 is 2.29 bits per heavy atom. The predicted molar refractivity (Wildman–Crippen MR) is 71.1 cm³/mol. The summed E-state index contributed by atoms with van der Waals surface area (Å²) in [6.07, 6.45) is 2.38. The summed E-state index contributed by atoms with van der Waals surface area (Å²) in [6.45, 7) is 10.7. The molecule has 0 fully saturated rings. The highest BCUT2D eigenvalue weighted by atomic mass is 16.3. The molecule has 0 spiro atoms. The molecule has 98 valence electrons. The van der Waals surface area contributed by atoms with Gasteiger partial charge in [0.25, 0.3) is 0 Å². The summed E-state index contributed by atoms with van der Waals surface area (Å²) in [5.74, 6) is 0. The van der Waals surface area contributed by atoms with Gasteiger partial charge in [0.1, 0.15) is 0 Å². The van der Waals surface area contributed by atoms with Crippen molar-refractivity contribution in [3.8, 4) is 0 Å². The predicted octanol–water partition coefficient (Wildman–Crippen LogP) is 2.77. The summed E-state index contributed by atoms with van der Waals surface area (Å²) in [7, 11) is 1.95. The number of aromatic nitrogens is 2. The lowest BCUT2D eigenvalue weighted by Gasteiger charge is -2.20. The maximum absolute atomic E-state index is 10.1. The van der Waals surface area contributed by atoms with Crippen molar-refractivity contribution in [2.75, 3.05) is 0 Å². The number of hydrogen-bond donors (Lipinski definition) is 1. The topological polar surface area (TPSA) is 38.0 Å². The van der Waals surface area contributed by atoms with Gasteiger partial charge in [-0.25, -0.2) is 0 Å². The molecular weight excluding hydrogens is 212 g/mol. The van der Waals surface area contributed by atoms with E-state index < -0.39 is 0 Å². The van der Waals surface area contributed by atoms with Gasteiger partial charge in [-0.05, 0) is 37.7 Å². The summed E-state index contributed by atoms with van der Waals surface area (Å²) < 4.78 is 1.89. The van der Waals surface area contributed by atoms with E-state index in [4.69, 9.17) is 0 Å². The Kier molecular flexibility index (Phi) is 4.36. The van der Waals surface area contributed by atoms with E-state index in [1.807, 2.05) is 18.7 Å². The first-order chi connectivity index (χ1) is 7.70. The monoisotopic (exact) mass is 238 g/mol. The number of hydrogen-bond acceptors (Lipinski definition) is 2. The van der Waals surface area contributed by atoms with Crippen molar-refractivity contribution in [3.05, 3.63) is 17.0 Å². The van der Waals surface area contributed by atoms with Crippen molar-refractivity contribution in [2.24, 2.45) is 12.5 Å². The van der Waals surface area contributed by atoms with Gasteiger partial charge >= 0.3 is 0 Å². The summed E-state index contributed by atoms with van der Waals surface area (Å²) >= 11 is 0. The van der Waals surface area contributed by atoms with E-state index in [1.54, 1.807) is 0 Å². The van der Waals surface area contributed by atoms with Crippen LogP contribution in [-0.4, -0.2) is 21.0 Å². The average molecular weight is 238 g/mol. The minimum absolute atomic E-state index is 0.254. The molecule has 0 aliphatic heterocycles. The SMILES string of the molecule is Cc1nn(C)c(C)c1CC(O)CCC(C)(C)C. The number of aliphatic hydroxyl groups excluding tert-OH is 1. The van der Waals surface area contributed by atoms with Crippen LogP contribution in [0.4, 0.5) is 0 Å². The summed E-state index contributed by atoms with van der Waals surface area (Å²) in [5.41, 5.74) is 3.70. The summed E-state index contributed by atoms with van der Waals surface area (Å²) in [4.78, 5) is 0. The van der Waals surface area contributed by atoms with E-state index in [0.29, 0.717) is 5.41 Å². The first-order valence-electron chi connectivity index (χ1n) is 6.38. The van der Waals surface area contributed by atoms with Crippen LogP contribution in [0.5, 0.6) is 0 Å². The normalized spacial score (nSPS) is 14.1. The zero-order valence-electron chi connectivity index (χ0n) is 12.0. The minimum atomic E-state index is -0.254. The Balaban J connectivity index is 2.59. The lowest BCUT2D eigenvalue weighted by Crippen LogP contribution is -2.16. The van der Waals surface area contributed by atoms with Gasteiger partial charge in [-0.1, -0.05) is 20.8 Å². The van der Waals surface area contributed by atoms with Gasteiger partial charge in [0.2, 0.25) is 0 Å². The molecule has 1 rings (SSSR count). The van der Waals surface area contributed by atoms with E-state index in [2.05, 4.69) is 32.8 Å². The first kappa shape index (κ1) is 14.2. The van der Waals surface area contributed by atoms with Crippen LogP contribution in [0, 0.1) is 19.3 Å². The van der Waals surface area contributed by atoms with Crippen LogP contribution < -0.4 is 0 Å². The van der Waals surface area contributed by atoms with Gasteiger partial charge in [0.05, 0.1) is 11.8 Å². The van der Waals surface area contributed by atoms with Gasteiger partial charge in [-0.2, -0.15) is 5.10 Å². The molecule has 0 bridgehead atoms. The maximum atomic E-state index is 10.1. The fourth-order valence-corrected chi connectivity index (χ4v) is 2.05. The van der Waals surface area contributed by atoms with Crippen molar-refractivity contribution in [2.45, 2.75) is 60.0 Å². The summed E-state index contributed by atoms with van der Waals surface area (Å²) in [6, 6.07) is 0.